The van der Waals surface area contributed by atoms with Crippen LogP contribution in [0.15, 0.2) is 23.1 Å². The summed E-state index contributed by atoms with van der Waals surface area (Å²) in [5.41, 5.74) is -2.41. The molecule has 0 amide bonds. The third-order valence-electron chi connectivity index (χ3n) is 2.52. The van der Waals surface area contributed by atoms with Crippen LogP contribution < -0.4 is 5.43 Å². The molecule has 0 aliphatic heterocycles. The van der Waals surface area contributed by atoms with Gasteiger partial charge in [-0.15, -0.1) is 0 Å². The number of aromatic carboxylic acids is 1. The molecule has 0 aliphatic rings. The second-order valence-electron chi connectivity index (χ2n) is 3.96. The van der Waals surface area contributed by atoms with Crippen LogP contribution in [0.5, 0.6) is 0 Å². The number of rotatable bonds is 2. The maximum Gasteiger partial charge on any atom is 0.360 e. The van der Waals surface area contributed by atoms with Crippen molar-refractivity contribution in [3.05, 3.63) is 57.3 Å². The van der Waals surface area contributed by atoms with Gasteiger partial charge in [-0.05, 0) is 6.92 Å². The fourth-order valence-corrected chi connectivity index (χ4v) is 1.58. The van der Waals surface area contributed by atoms with Gasteiger partial charge in [0.15, 0.2) is 11.6 Å². The summed E-state index contributed by atoms with van der Waals surface area (Å²) in [6.45, 7) is 1.28. The molecule has 1 heterocycles. The summed E-state index contributed by atoms with van der Waals surface area (Å²) in [6.07, 6.45) is 0.992. The molecule has 1 N–H and O–H groups in total. The van der Waals surface area contributed by atoms with E-state index in [1.165, 1.54) is 6.92 Å². The van der Waals surface area contributed by atoms with Crippen LogP contribution in [0, 0.1) is 24.4 Å². The number of hydrogen-bond acceptors (Lipinski definition) is 3. The van der Waals surface area contributed by atoms with Crippen molar-refractivity contribution in [2.45, 2.75) is 6.92 Å². The summed E-state index contributed by atoms with van der Waals surface area (Å²) in [6, 6.07) is 0.979. The predicted octanol–water partition coefficient (Wildman–Crippen LogP) is 1.66. The molecule has 0 spiro atoms. The van der Waals surface area contributed by atoms with Crippen LogP contribution in [-0.4, -0.2) is 20.9 Å². The number of aromatic nitrogens is 2. The highest BCUT2D eigenvalue weighted by Gasteiger charge is 2.18. The molecule has 0 unspecified atom stereocenters. The SMILES string of the molecule is Cc1cn(-c2cc(F)cc(F)c2F)nc(C(=O)O)c1=O. The summed E-state index contributed by atoms with van der Waals surface area (Å²) < 4.78 is 40.5. The van der Waals surface area contributed by atoms with Crippen molar-refractivity contribution < 1.29 is 23.1 Å². The lowest BCUT2D eigenvalue weighted by Crippen LogP contribution is -2.23. The number of benzene rings is 1. The summed E-state index contributed by atoms with van der Waals surface area (Å²) in [5.74, 6) is -5.54. The van der Waals surface area contributed by atoms with Gasteiger partial charge in [0.05, 0.1) is 0 Å². The van der Waals surface area contributed by atoms with E-state index in [0.29, 0.717) is 16.8 Å². The minimum atomic E-state index is -1.62. The van der Waals surface area contributed by atoms with Crippen molar-refractivity contribution in [1.82, 2.24) is 9.78 Å². The molecule has 5 nitrogen and oxygen atoms in total. The zero-order chi connectivity index (χ0) is 15.0. The van der Waals surface area contributed by atoms with Crippen molar-refractivity contribution in [3.63, 3.8) is 0 Å². The van der Waals surface area contributed by atoms with Crippen LogP contribution >= 0.6 is 0 Å². The van der Waals surface area contributed by atoms with E-state index in [9.17, 15) is 22.8 Å². The number of carboxylic acid groups (broad SMARTS) is 1. The number of carboxylic acids is 1. The fraction of sp³-hybridized carbons (Fsp3) is 0.0833. The number of nitrogens with zero attached hydrogens (tertiary/aromatic N) is 2. The Labute approximate surface area is 109 Å². The monoisotopic (exact) mass is 284 g/mol. The first-order valence-electron chi connectivity index (χ1n) is 5.30. The van der Waals surface area contributed by atoms with Gasteiger partial charge in [0.1, 0.15) is 11.5 Å². The quantitative estimate of drug-likeness (QED) is 0.851. The molecule has 1 aromatic carbocycles. The lowest BCUT2D eigenvalue weighted by Gasteiger charge is -2.09. The normalized spacial score (nSPS) is 10.6. The second kappa shape index (κ2) is 4.80. The Bertz CT molecular complexity index is 771. The molecule has 0 atom stereocenters. The highest BCUT2D eigenvalue weighted by molar-refractivity contribution is 5.85. The molecule has 20 heavy (non-hydrogen) atoms. The van der Waals surface area contributed by atoms with E-state index in [2.05, 4.69) is 5.10 Å². The third kappa shape index (κ3) is 2.27. The topological polar surface area (TPSA) is 72.2 Å². The van der Waals surface area contributed by atoms with Crippen LogP contribution in [0.1, 0.15) is 16.1 Å². The van der Waals surface area contributed by atoms with E-state index in [-0.39, 0.29) is 5.56 Å². The van der Waals surface area contributed by atoms with Gasteiger partial charge in [-0.25, -0.2) is 22.6 Å². The molecule has 0 saturated carbocycles. The molecular formula is C12H7F3N2O3. The van der Waals surface area contributed by atoms with Crippen molar-refractivity contribution in [2.24, 2.45) is 0 Å². The largest absolute Gasteiger partial charge is 0.476 e. The summed E-state index contributed by atoms with van der Waals surface area (Å²) in [5, 5.41) is 12.2. The molecule has 0 aliphatic carbocycles. The van der Waals surface area contributed by atoms with Crippen LogP contribution in [0.2, 0.25) is 0 Å². The number of carbonyl (C=O) groups is 1. The Kier molecular flexibility index (Phi) is 3.31. The fourth-order valence-electron chi connectivity index (χ4n) is 1.58. The first kappa shape index (κ1) is 13.8. The van der Waals surface area contributed by atoms with Crippen molar-refractivity contribution in [1.29, 1.82) is 0 Å². The zero-order valence-corrected chi connectivity index (χ0v) is 10.0. The molecular weight excluding hydrogens is 277 g/mol. The number of aryl methyl sites for hydroxylation is 1. The van der Waals surface area contributed by atoms with E-state index < -0.39 is 40.2 Å². The van der Waals surface area contributed by atoms with Crippen LogP contribution in [0.25, 0.3) is 5.69 Å². The molecule has 1 aromatic heterocycles. The van der Waals surface area contributed by atoms with Gasteiger partial charge < -0.3 is 5.11 Å². The van der Waals surface area contributed by atoms with Gasteiger partial charge in [0.2, 0.25) is 11.1 Å². The lowest BCUT2D eigenvalue weighted by molar-refractivity contribution is 0.0686. The molecule has 0 saturated heterocycles. The van der Waals surface area contributed by atoms with E-state index >= 15 is 0 Å². The minimum Gasteiger partial charge on any atom is -0.476 e. The molecule has 0 radical (unpaired) electrons. The number of hydrogen-bond donors (Lipinski definition) is 1. The van der Waals surface area contributed by atoms with Gasteiger partial charge in [-0.2, -0.15) is 5.10 Å². The Balaban J connectivity index is 2.77. The average Bonchev–Trinajstić information content (AvgIpc) is 2.36. The predicted molar refractivity (Wildman–Crippen MR) is 61.4 cm³/mol. The maximum absolute atomic E-state index is 13.6. The van der Waals surface area contributed by atoms with Gasteiger partial charge in [-0.1, -0.05) is 0 Å². The van der Waals surface area contributed by atoms with E-state index in [4.69, 9.17) is 5.11 Å². The minimum absolute atomic E-state index is 0.0542. The first-order valence-corrected chi connectivity index (χ1v) is 5.30. The summed E-state index contributed by atoms with van der Waals surface area (Å²) in [4.78, 5) is 22.4. The van der Waals surface area contributed by atoms with Crippen molar-refractivity contribution in [3.8, 4) is 5.69 Å². The summed E-state index contributed by atoms with van der Waals surface area (Å²) in [7, 11) is 0. The van der Waals surface area contributed by atoms with Gasteiger partial charge in [-0.3, -0.25) is 4.79 Å². The first-order chi connectivity index (χ1) is 9.31. The van der Waals surface area contributed by atoms with E-state index in [1.54, 1.807) is 0 Å². The summed E-state index contributed by atoms with van der Waals surface area (Å²) >= 11 is 0. The highest BCUT2D eigenvalue weighted by Crippen LogP contribution is 2.17. The van der Waals surface area contributed by atoms with Gasteiger partial charge in [0.25, 0.3) is 0 Å². The Morgan fingerprint density at radius 2 is 1.95 bits per heavy atom. The standard InChI is InChI=1S/C12H7F3N2O3/c1-5-4-17(16-10(11(5)18)12(19)20)8-3-6(13)2-7(14)9(8)15/h2-4H,1H3,(H,19,20). The molecule has 8 heteroatoms. The van der Waals surface area contributed by atoms with Crippen molar-refractivity contribution in [2.75, 3.05) is 0 Å². The Morgan fingerprint density at radius 1 is 1.30 bits per heavy atom. The van der Waals surface area contributed by atoms with Crippen molar-refractivity contribution >= 4 is 5.97 Å². The maximum atomic E-state index is 13.6. The highest BCUT2D eigenvalue weighted by atomic mass is 19.2. The van der Waals surface area contributed by atoms with Crippen LogP contribution in [0.3, 0.4) is 0 Å². The molecule has 104 valence electrons. The number of halogens is 3. The van der Waals surface area contributed by atoms with Crippen LogP contribution in [-0.2, 0) is 0 Å². The van der Waals surface area contributed by atoms with Crippen LogP contribution in [0.4, 0.5) is 13.2 Å². The van der Waals surface area contributed by atoms with Gasteiger partial charge >= 0.3 is 5.97 Å². The molecule has 2 aromatic rings. The van der Waals surface area contributed by atoms with Gasteiger partial charge in [0, 0.05) is 23.9 Å². The average molecular weight is 284 g/mol. The smallest absolute Gasteiger partial charge is 0.360 e. The Morgan fingerprint density at radius 3 is 2.55 bits per heavy atom. The zero-order valence-electron chi connectivity index (χ0n) is 10.0. The molecule has 0 fully saturated rings. The second-order valence-corrected chi connectivity index (χ2v) is 3.96. The van der Waals surface area contributed by atoms with E-state index in [0.717, 1.165) is 6.20 Å². The molecule has 0 bridgehead atoms. The third-order valence-corrected chi connectivity index (χ3v) is 2.52. The van der Waals surface area contributed by atoms with E-state index in [1.807, 2.05) is 0 Å². The lowest BCUT2D eigenvalue weighted by atomic mass is 10.2. The Hall–Kier alpha value is -2.64. The molecule has 2 rings (SSSR count).